The fourth-order valence-electron chi connectivity index (χ4n) is 3.97. The zero-order valence-corrected chi connectivity index (χ0v) is 17.2. The van der Waals surface area contributed by atoms with Crippen molar-refractivity contribution in [3.05, 3.63) is 42.2 Å². The lowest BCUT2D eigenvalue weighted by molar-refractivity contribution is -0.254. The van der Waals surface area contributed by atoms with Gasteiger partial charge in [0, 0.05) is 45.9 Å². The zero-order chi connectivity index (χ0) is 21.3. The van der Waals surface area contributed by atoms with E-state index in [-0.39, 0.29) is 6.10 Å². The summed E-state index contributed by atoms with van der Waals surface area (Å²) < 4.78 is 6.92. The van der Waals surface area contributed by atoms with E-state index >= 15 is 0 Å². The van der Waals surface area contributed by atoms with Gasteiger partial charge < -0.3 is 19.8 Å². The lowest BCUT2D eigenvalue weighted by Crippen LogP contribution is -2.60. The monoisotopic (exact) mass is 413 g/mol. The van der Waals surface area contributed by atoms with Crippen LogP contribution in [0.2, 0.25) is 0 Å². The average Bonchev–Trinajstić information content (AvgIpc) is 3.43. The van der Waals surface area contributed by atoms with Gasteiger partial charge in [0.15, 0.2) is 5.82 Å². The minimum Gasteiger partial charge on any atom is -0.380 e. The number of aryl methyl sites for hydroxylation is 1. The van der Waals surface area contributed by atoms with Crippen molar-refractivity contribution in [2.75, 3.05) is 33.3 Å². The molecule has 2 aromatic rings. The third-order valence-corrected chi connectivity index (χ3v) is 5.82. The molecule has 160 valence electrons. The minimum atomic E-state index is -2.50. The number of hydrogen-bond acceptors (Lipinski definition) is 7. The number of hydrogen-bond donors (Lipinski definition) is 2. The first-order valence-corrected chi connectivity index (χ1v) is 10.1. The summed E-state index contributed by atoms with van der Waals surface area (Å²) in [6, 6.07) is 8.00. The lowest BCUT2D eigenvalue weighted by atomic mass is 9.98. The Labute approximate surface area is 175 Å². The fourth-order valence-corrected chi connectivity index (χ4v) is 3.97. The van der Waals surface area contributed by atoms with Gasteiger partial charge in [-0.05, 0) is 24.0 Å². The van der Waals surface area contributed by atoms with Gasteiger partial charge in [0.1, 0.15) is 6.33 Å². The first kappa shape index (κ1) is 20.7. The average molecular weight is 413 g/mol. The second-order valence-electron chi connectivity index (χ2n) is 7.78. The summed E-state index contributed by atoms with van der Waals surface area (Å²) in [4.78, 5) is 19.9. The second-order valence-corrected chi connectivity index (χ2v) is 7.78. The zero-order valence-electron chi connectivity index (χ0n) is 17.2. The van der Waals surface area contributed by atoms with Crippen molar-refractivity contribution in [2.45, 2.75) is 24.9 Å². The van der Waals surface area contributed by atoms with Crippen molar-refractivity contribution in [1.29, 1.82) is 0 Å². The lowest BCUT2D eigenvalue weighted by Gasteiger charge is -2.36. The first-order valence-electron chi connectivity index (χ1n) is 10.1. The molecule has 30 heavy (non-hydrogen) atoms. The highest BCUT2D eigenvalue weighted by Gasteiger charge is 2.46. The molecule has 0 saturated carbocycles. The number of carbonyl (C=O) groups is 1. The maximum absolute atomic E-state index is 12.7. The molecule has 9 heteroatoms. The van der Waals surface area contributed by atoms with Gasteiger partial charge in [-0.15, -0.1) is 0 Å². The van der Waals surface area contributed by atoms with Gasteiger partial charge in [0.05, 0.1) is 6.10 Å². The summed E-state index contributed by atoms with van der Waals surface area (Å²) in [6.07, 6.45) is 4.85. The van der Waals surface area contributed by atoms with Crippen LogP contribution < -0.4 is 0 Å². The number of ether oxygens (including phenoxy) is 1. The molecule has 1 aromatic heterocycles. The summed E-state index contributed by atoms with van der Waals surface area (Å²) in [7, 11) is 3.42. The molecule has 0 aliphatic carbocycles. The number of carbonyl (C=O) groups excluding carboxylic acids is 1. The molecule has 1 amide bonds. The van der Waals surface area contributed by atoms with Crippen molar-refractivity contribution < 1.29 is 19.7 Å². The molecule has 0 radical (unpaired) electrons. The van der Waals surface area contributed by atoms with Gasteiger partial charge in [-0.2, -0.15) is 5.10 Å². The van der Waals surface area contributed by atoms with E-state index in [1.807, 2.05) is 37.4 Å². The second kappa shape index (κ2) is 8.27. The molecule has 2 aliphatic rings. The van der Waals surface area contributed by atoms with E-state index in [2.05, 4.69) is 10.1 Å². The minimum absolute atomic E-state index is 0.0893. The number of amides is 1. The molecule has 0 unspecified atom stereocenters. The molecule has 1 atom stereocenters. The molecule has 9 nitrogen and oxygen atoms in total. The van der Waals surface area contributed by atoms with Crippen LogP contribution in [0.4, 0.5) is 0 Å². The van der Waals surface area contributed by atoms with Crippen LogP contribution in [0.15, 0.2) is 36.7 Å². The van der Waals surface area contributed by atoms with E-state index in [9.17, 15) is 15.0 Å². The van der Waals surface area contributed by atoms with Crippen LogP contribution in [0, 0.1) is 0 Å². The van der Waals surface area contributed by atoms with Gasteiger partial charge in [0.25, 0.3) is 5.91 Å². The molecule has 1 fully saturated rings. The molecule has 1 aromatic carbocycles. The molecular weight excluding hydrogens is 386 g/mol. The van der Waals surface area contributed by atoms with Gasteiger partial charge in [-0.3, -0.25) is 9.48 Å². The number of rotatable bonds is 5. The van der Waals surface area contributed by atoms with E-state index in [1.54, 1.807) is 18.1 Å². The largest absolute Gasteiger partial charge is 0.380 e. The van der Waals surface area contributed by atoms with Crippen LogP contribution in [-0.4, -0.2) is 86.0 Å². The molecule has 2 aliphatic heterocycles. The summed E-state index contributed by atoms with van der Waals surface area (Å²) in [5.74, 6) is -2.51. The van der Waals surface area contributed by atoms with Crippen LogP contribution in [0.5, 0.6) is 0 Å². The molecule has 1 saturated heterocycles. The Morgan fingerprint density at radius 2 is 1.93 bits per heavy atom. The number of likely N-dealkylation sites (tertiary alicyclic amines) is 1. The van der Waals surface area contributed by atoms with Crippen LogP contribution in [0.25, 0.3) is 17.0 Å². The third-order valence-electron chi connectivity index (χ3n) is 5.82. The number of benzene rings is 1. The van der Waals surface area contributed by atoms with Gasteiger partial charge >= 0.3 is 5.91 Å². The number of aliphatic hydroxyl groups is 2. The smallest absolute Gasteiger partial charge is 0.309 e. The van der Waals surface area contributed by atoms with Gasteiger partial charge in [0.2, 0.25) is 0 Å². The predicted octanol–water partition coefficient (Wildman–Crippen LogP) is 0.457. The molecular formula is C21H27N5O4. The van der Waals surface area contributed by atoms with Crippen LogP contribution >= 0.6 is 0 Å². The maximum atomic E-state index is 12.7. The van der Waals surface area contributed by atoms with E-state index in [1.165, 1.54) is 9.80 Å². The van der Waals surface area contributed by atoms with E-state index < -0.39 is 11.8 Å². The number of aromatic nitrogens is 3. The topological polar surface area (TPSA) is 104 Å². The van der Waals surface area contributed by atoms with Crippen molar-refractivity contribution >= 4 is 11.5 Å². The normalized spacial score (nSPS) is 20.5. The summed E-state index contributed by atoms with van der Waals surface area (Å²) in [5.41, 5.74) is 3.14. The Morgan fingerprint density at radius 3 is 2.50 bits per heavy atom. The standard InChI is InChI=1S/C21H27N5O4/c1-24-14-22-19(23-24)17-5-3-15(4-6-17)16-7-10-25(11-8-16)20(27)21(28,29)26-12-9-18(13-26)30-2/h3-7,14,18,28-29H,8-13H2,1-2H3/t18-/m0/s1. The summed E-state index contributed by atoms with van der Waals surface area (Å²) >= 11 is 0. The number of methoxy groups -OCH3 is 1. The highest BCUT2D eigenvalue weighted by molar-refractivity contribution is 5.84. The molecule has 2 N–H and O–H groups in total. The molecule has 4 rings (SSSR count). The van der Waals surface area contributed by atoms with Crippen molar-refractivity contribution in [3.63, 3.8) is 0 Å². The molecule has 0 bridgehead atoms. The predicted molar refractivity (Wildman–Crippen MR) is 110 cm³/mol. The van der Waals surface area contributed by atoms with Gasteiger partial charge in [-0.25, -0.2) is 9.88 Å². The highest BCUT2D eigenvalue weighted by atomic mass is 16.5. The molecule has 0 spiro atoms. The summed E-state index contributed by atoms with van der Waals surface area (Å²) in [5, 5.41) is 25.3. The maximum Gasteiger partial charge on any atom is 0.309 e. The Morgan fingerprint density at radius 1 is 1.20 bits per heavy atom. The molecule has 3 heterocycles. The Balaban J connectivity index is 1.40. The Hall–Kier alpha value is -2.59. The quantitative estimate of drug-likeness (QED) is 0.686. The van der Waals surface area contributed by atoms with E-state index in [4.69, 9.17) is 4.74 Å². The van der Waals surface area contributed by atoms with Crippen LogP contribution in [0.3, 0.4) is 0 Å². The van der Waals surface area contributed by atoms with Crippen LogP contribution in [0.1, 0.15) is 18.4 Å². The summed E-state index contributed by atoms with van der Waals surface area (Å²) in [6.45, 7) is 1.49. The van der Waals surface area contributed by atoms with Crippen LogP contribution in [-0.2, 0) is 16.6 Å². The Kier molecular flexibility index (Phi) is 5.70. The SMILES string of the molecule is CO[C@H]1CCN(C(O)(O)C(=O)N2CC=C(c3ccc(-c4ncn(C)n4)cc3)CC2)C1. The fraction of sp³-hybridized carbons (Fsp3) is 0.476. The highest BCUT2D eigenvalue weighted by Crippen LogP contribution is 2.27. The Bertz CT molecular complexity index is 937. The van der Waals surface area contributed by atoms with Crippen molar-refractivity contribution in [2.24, 2.45) is 7.05 Å². The van der Waals surface area contributed by atoms with E-state index in [0.29, 0.717) is 44.8 Å². The van der Waals surface area contributed by atoms with Crippen molar-refractivity contribution in [1.82, 2.24) is 24.6 Å². The first-order chi connectivity index (χ1) is 14.4. The van der Waals surface area contributed by atoms with Gasteiger partial charge in [-0.1, -0.05) is 30.3 Å². The number of nitrogens with zero attached hydrogens (tertiary/aromatic N) is 5. The van der Waals surface area contributed by atoms with E-state index in [0.717, 1.165) is 16.7 Å². The van der Waals surface area contributed by atoms with Crippen molar-refractivity contribution in [3.8, 4) is 11.4 Å². The third kappa shape index (κ3) is 4.01.